The number of benzene rings is 2. The molecule has 21 heavy (non-hydrogen) atoms. The van der Waals surface area contributed by atoms with Crippen LogP contribution in [0.15, 0.2) is 36.4 Å². The SMILES string of the molecule is Nc1cc(-c2nc3ccc(O)cc3[nH]2)cc(C(F)(F)F)c1. The minimum Gasteiger partial charge on any atom is -0.508 e. The van der Waals surface area contributed by atoms with Crippen LogP contribution in [0.5, 0.6) is 5.75 Å². The number of hydrogen-bond acceptors (Lipinski definition) is 3. The van der Waals surface area contributed by atoms with Crippen LogP contribution in [0.2, 0.25) is 0 Å². The molecule has 0 aliphatic rings. The molecule has 1 aromatic heterocycles. The van der Waals surface area contributed by atoms with Gasteiger partial charge in [0.25, 0.3) is 0 Å². The molecule has 3 aromatic rings. The lowest BCUT2D eigenvalue weighted by molar-refractivity contribution is -0.137. The summed E-state index contributed by atoms with van der Waals surface area (Å²) in [7, 11) is 0. The first-order valence-corrected chi connectivity index (χ1v) is 6.00. The fraction of sp³-hybridized carbons (Fsp3) is 0.0714. The highest BCUT2D eigenvalue weighted by molar-refractivity contribution is 5.81. The first-order chi connectivity index (χ1) is 9.83. The van der Waals surface area contributed by atoms with Gasteiger partial charge in [-0.2, -0.15) is 13.2 Å². The third-order valence-corrected chi connectivity index (χ3v) is 3.02. The van der Waals surface area contributed by atoms with Crippen LogP contribution in [0.4, 0.5) is 18.9 Å². The Morgan fingerprint density at radius 2 is 1.86 bits per heavy atom. The van der Waals surface area contributed by atoms with E-state index in [-0.39, 0.29) is 22.8 Å². The number of rotatable bonds is 1. The Morgan fingerprint density at radius 3 is 2.57 bits per heavy atom. The average molecular weight is 293 g/mol. The Hall–Kier alpha value is -2.70. The predicted octanol–water partition coefficient (Wildman–Crippen LogP) is 3.54. The normalized spacial score (nSPS) is 12.0. The predicted molar refractivity (Wildman–Crippen MR) is 72.6 cm³/mol. The Morgan fingerprint density at radius 1 is 1.10 bits per heavy atom. The van der Waals surface area contributed by atoms with Gasteiger partial charge in [-0.1, -0.05) is 0 Å². The standard InChI is InChI=1S/C14H10F3N3O/c15-14(16,17)8-3-7(4-9(18)5-8)13-19-11-2-1-10(21)6-12(11)20-13/h1-6,21H,18H2,(H,19,20). The van der Waals surface area contributed by atoms with E-state index in [0.29, 0.717) is 11.0 Å². The van der Waals surface area contributed by atoms with Crippen molar-refractivity contribution in [2.75, 3.05) is 5.73 Å². The number of nitrogen functional groups attached to an aromatic ring is 1. The van der Waals surface area contributed by atoms with Crippen LogP contribution in [-0.4, -0.2) is 15.1 Å². The van der Waals surface area contributed by atoms with Gasteiger partial charge < -0.3 is 15.8 Å². The number of hydrogen-bond donors (Lipinski definition) is 3. The third kappa shape index (κ3) is 2.49. The number of aromatic amines is 1. The molecule has 1 heterocycles. The molecule has 0 aliphatic heterocycles. The quantitative estimate of drug-likeness (QED) is 0.601. The molecule has 2 aromatic carbocycles. The van der Waals surface area contributed by atoms with E-state index in [2.05, 4.69) is 9.97 Å². The van der Waals surface area contributed by atoms with Crippen molar-refractivity contribution in [2.45, 2.75) is 6.18 Å². The number of fused-ring (bicyclic) bond motifs is 1. The number of aromatic hydroxyl groups is 1. The van der Waals surface area contributed by atoms with Crippen molar-refractivity contribution in [1.29, 1.82) is 0 Å². The summed E-state index contributed by atoms with van der Waals surface area (Å²) in [6.45, 7) is 0. The fourth-order valence-electron chi connectivity index (χ4n) is 2.09. The number of phenols is 1. The van der Waals surface area contributed by atoms with E-state index in [0.717, 1.165) is 12.1 Å². The number of alkyl halides is 3. The van der Waals surface area contributed by atoms with Crippen LogP contribution in [-0.2, 0) is 6.18 Å². The zero-order valence-corrected chi connectivity index (χ0v) is 10.6. The maximum absolute atomic E-state index is 12.8. The second-order valence-electron chi connectivity index (χ2n) is 4.63. The first-order valence-electron chi connectivity index (χ1n) is 6.00. The molecule has 0 amide bonds. The number of halogens is 3. The second kappa shape index (κ2) is 4.41. The maximum atomic E-state index is 12.8. The van der Waals surface area contributed by atoms with Gasteiger partial charge in [0.1, 0.15) is 11.6 Å². The minimum atomic E-state index is -4.48. The van der Waals surface area contributed by atoms with Crippen LogP contribution in [0.1, 0.15) is 5.56 Å². The van der Waals surface area contributed by atoms with Crippen LogP contribution in [0, 0.1) is 0 Å². The van der Waals surface area contributed by atoms with E-state index >= 15 is 0 Å². The molecule has 4 N–H and O–H groups in total. The monoisotopic (exact) mass is 293 g/mol. The highest BCUT2D eigenvalue weighted by Crippen LogP contribution is 2.34. The summed E-state index contributed by atoms with van der Waals surface area (Å²) in [4.78, 5) is 7.06. The fourth-order valence-corrected chi connectivity index (χ4v) is 2.09. The first kappa shape index (κ1) is 13.3. The summed E-state index contributed by atoms with van der Waals surface area (Å²) < 4.78 is 38.4. The molecule has 0 radical (unpaired) electrons. The molecule has 7 heteroatoms. The molecule has 108 valence electrons. The molecule has 3 rings (SSSR count). The van der Waals surface area contributed by atoms with Crippen molar-refractivity contribution in [2.24, 2.45) is 0 Å². The lowest BCUT2D eigenvalue weighted by atomic mass is 10.1. The van der Waals surface area contributed by atoms with Gasteiger partial charge in [-0.25, -0.2) is 4.98 Å². The van der Waals surface area contributed by atoms with Gasteiger partial charge in [0.15, 0.2) is 0 Å². The molecule has 4 nitrogen and oxygen atoms in total. The zero-order chi connectivity index (χ0) is 15.2. The van der Waals surface area contributed by atoms with Gasteiger partial charge in [-0.05, 0) is 30.3 Å². The Labute approximate surface area is 117 Å². The Kier molecular flexibility index (Phi) is 2.79. The molecule has 0 bridgehead atoms. The summed E-state index contributed by atoms with van der Waals surface area (Å²) >= 11 is 0. The zero-order valence-electron chi connectivity index (χ0n) is 10.6. The Balaban J connectivity index is 2.16. The number of anilines is 1. The largest absolute Gasteiger partial charge is 0.508 e. The molecule has 0 aliphatic carbocycles. The van der Waals surface area contributed by atoms with E-state index < -0.39 is 11.7 Å². The van der Waals surface area contributed by atoms with Crippen LogP contribution in [0.25, 0.3) is 22.4 Å². The summed E-state index contributed by atoms with van der Waals surface area (Å²) in [5, 5.41) is 9.39. The molecule has 0 fully saturated rings. The molecule has 0 spiro atoms. The topological polar surface area (TPSA) is 74.9 Å². The van der Waals surface area contributed by atoms with Crippen molar-refractivity contribution < 1.29 is 18.3 Å². The number of nitrogens with zero attached hydrogens (tertiary/aromatic N) is 1. The molecular formula is C14H10F3N3O. The summed E-state index contributed by atoms with van der Waals surface area (Å²) in [5.41, 5.74) is 6.00. The van der Waals surface area contributed by atoms with Gasteiger partial charge in [0, 0.05) is 17.3 Å². The van der Waals surface area contributed by atoms with Crippen LogP contribution >= 0.6 is 0 Å². The number of nitrogens with one attached hydrogen (secondary N) is 1. The summed E-state index contributed by atoms with van der Waals surface area (Å²) in [6, 6.07) is 7.73. The highest BCUT2D eigenvalue weighted by atomic mass is 19.4. The Bertz CT molecular complexity index is 824. The smallest absolute Gasteiger partial charge is 0.416 e. The molecular weight excluding hydrogens is 283 g/mol. The maximum Gasteiger partial charge on any atom is 0.416 e. The lowest BCUT2D eigenvalue weighted by Gasteiger charge is -2.09. The number of imidazole rings is 1. The molecule has 0 saturated heterocycles. The van der Waals surface area contributed by atoms with Crippen molar-refractivity contribution >= 4 is 16.7 Å². The van der Waals surface area contributed by atoms with Gasteiger partial charge in [-0.15, -0.1) is 0 Å². The van der Waals surface area contributed by atoms with E-state index in [1.165, 1.54) is 18.2 Å². The molecule has 0 unspecified atom stereocenters. The van der Waals surface area contributed by atoms with Crippen LogP contribution in [0.3, 0.4) is 0 Å². The minimum absolute atomic E-state index is 0.00290. The second-order valence-corrected chi connectivity index (χ2v) is 4.63. The van der Waals surface area contributed by atoms with E-state index in [1.807, 2.05) is 0 Å². The number of aromatic nitrogens is 2. The van der Waals surface area contributed by atoms with Crippen LogP contribution < -0.4 is 5.73 Å². The van der Waals surface area contributed by atoms with Gasteiger partial charge in [-0.3, -0.25) is 0 Å². The van der Waals surface area contributed by atoms with Crippen molar-refractivity contribution in [3.8, 4) is 17.1 Å². The average Bonchev–Trinajstić information content (AvgIpc) is 2.80. The van der Waals surface area contributed by atoms with E-state index in [9.17, 15) is 18.3 Å². The van der Waals surface area contributed by atoms with Gasteiger partial charge in [0.05, 0.1) is 16.6 Å². The van der Waals surface area contributed by atoms with Gasteiger partial charge >= 0.3 is 6.18 Å². The highest BCUT2D eigenvalue weighted by Gasteiger charge is 2.31. The number of H-pyrrole nitrogens is 1. The van der Waals surface area contributed by atoms with E-state index in [1.54, 1.807) is 6.07 Å². The van der Waals surface area contributed by atoms with Crippen molar-refractivity contribution in [3.05, 3.63) is 42.0 Å². The van der Waals surface area contributed by atoms with Crippen molar-refractivity contribution in [1.82, 2.24) is 9.97 Å². The summed E-state index contributed by atoms with van der Waals surface area (Å²) in [5.74, 6) is 0.301. The summed E-state index contributed by atoms with van der Waals surface area (Å²) in [6.07, 6.45) is -4.48. The molecule has 0 atom stereocenters. The third-order valence-electron chi connectivity index (χ3n) is 3.02. The van der Waals surface area contributed by atoms with E-state index in [4.69, 9.17) is 5.73 Å². The van der Waals surface area contributed by atoms with Gasteiger partial charge in [0.2, 0.25) is 0 Å². The van der Waals surface area contributed by atoms with Crippen molar-refractivity contribution in [3.63, 3.8) is 0 Å². The number of nitrogens with two attached hydrogens (primary N) is 1. The number of phenolic OH excluding ortho intramolecular Hbond substituents is 1. The lowest BCUT2D eigenvalue weighted by Crippen LogP contribution is -2.06. The molecule has 0 saturated carbocycles.